The summed E-state index contributed by atoms with van der Waals surface area (Å²) in [6.07, 6.45) is 10.3. The second-order valence-corrected chi connectivity index (χ2v) is 4.95. The van der Waals surface area contributed by atoms with Crippen molar-refractivity contribution in [2.24, 2.45) is 5.41 Å². The molecule has 0 unspecified atom stereocenters. The first kappa shape index (κ1) is 16.0. The molecule has 0 bridgehead atoms. The number of hydrogen-bond donors (Lipinski definition) is 0. The predicted molar refractivity (Wildman–Crippen MR) is 72.8 cm³/mol. The number of hydrogen-bond acceptors (Lipinski definition) is 2. The Morgan fingerprint density at radius 1 is 1.18 bits per heavy atom. The molecule has 0 N–H and O–H groups in total. The van der Waals surface area contributed by atoms with Crippen molar-refractivity contribution in [2.75, 3.05) is 6.61 Å². The van der Waals surface area contributed by atoms with Crippen LogP contribution in [0.3, 0.4) is 0 Å². The van der Waals surface area contributed by atoms with Gasteiger partial charge in [-0.05, 0) is 38.5 Å². The molecule has 0 aliphatic rings. The molecule has 0 amide bonds. The summed E-state index contributed by atoms with van der Waals surface area (Å²) < 4.78 is 5.18. The molecular formula is C15H26O2. The molecule has 0 saturated carbocycles. The standard InChI is InChI=1S/C15H26O2/c1-5-7-9-11-15(4,12-10-8-6-2)13-17-14(3)16/h5-6H,1-2,7-13H2,3-4H3. The van der Waals surface area contributed by atoms with E-state index in [1.54, 1.807) is 0 Å². The Bertz CT molecular complexity index is 229. The van der Waals surface area contributed by atoms with E-state index in [1.165, 1.54) is 6.92 Å². The normalized spacial score (nSPS) is 10.9. The van der Waals surface area contributed by atoms with Crippen LogP contribution in [0.2, 0.25) is 0 Å². The molecule has 0 radical (unpaired) electrons. The lowest BCUT2D eigenvalue weighted by Gasteiger charge is -2.28. The Kier molecular flexibility index (Phi) is 8.47. The number of unbranched alkanes of at least 4 members (excludes halogenated alkanes) is 2. The first-order valence-electron chi connectivity index (χ1n) is 6.39. The van der Waals surface area contributed by atoms with E-state index in [-0.39, 0.29) is 11.4 Å². The monoisotopic (exact) mass is 238 g/mol. The average molecular weight is 238 g/mol. The molecule has 0 aliphatic heterocycles. The van der Waals surface area contributed by atoms with E-state index in [9.17, 15) is 4.79 Å². The third-order valence-electron chi connectivity index (χ3n) is 3.00. The minimum atomic E-state index is -0.191. The summed E-state index contributed by atoms with van der Waals surface area (Å²) in [6.45, 7) is 11.6. The predicted octanol–water partition coefficient (Wildman–Crippen LogP) is 4.27. The lowest BCUT2D eigenvalue weighted by atomic mass is 9.81. The van der Waals surface area contributed by atoms with Crippen molar-refractivity contribution >= 4 is 5.97 Å². The fraction of sp³-hybridized carbons (Fsp3) is 0.667. The Morgan fingerprint density at radius 2 is 1.65 bits per heavy atom. The molecule has 0 spiro atoms. The van der Waals surface area contributed by atoms with Crippen LogP contribution in [0.1, 0.15) is 52.4 Å². The van der Waals surface area contributed by atoms with Crippen LogP contribution < -0.4 is 0 Å². The average Bonchev–Trinajstić information content (AvgIpc) is 2.27. The molecule has 0 aromatic rings. The highest BCUT2D eigenvalue weighted by molar-refractivity contribution is 5.65. The maximum atomic E-state index is 10.9. The Balaban J connectivity index is 4.16. The molecule has 17 heavy (non-hydrogen) atoms. The van der Waals surface area contributed by atoms with Crippen LogP contribution >= 0.6 is 0 Å². The van der Waals surface area contributed by atoms with E-state index >= 15 is 0 Å². The van der Waals surface area contributed by atoms with Crippen molar-refractivity contribution in [3.63, 3.8) is 0 Å². The summed E-state index contributed by atoms with van der Waals surface area (Å²) in [7, 11) is 0. The van der Waals surface area contributed by atoms with E-state index in [4.69, 9.17) is 4.74 Å². The van der Waals surface area contributed by atoms with E-state index in [1.807, 2.05) is 12.2 Å². The van der Waals surface area contributed by atoms with Gasteiger partial charge in [-0.25, -0.2) is 0 Å². The highest BCUT2D eigenvalue weighted by atomic mass is 16.5. The topological polar surface area (TPSA) is 26.3 Å². The van der Waals surface area contributed by atoms with Crippen LogP contribution in [-0.4, -0.2) is 12.6 Å². The van der Waals surface area contributed by atoms with Crippen molar-refractivity contribution in [2.45, 2.75) is 52.4 Å². The van der Waals surface area contributed by atoms with Gasteiger partial charge in [0.15, 0.2) is 0 Å². The van der Waals surface area contributed by atoms with Crippen LogP contribution in [0, 0.1) is 5.41 Å². The number of ether oxygens (including phenoxy) is 1. The van der Waals surface area contributed by atoms with Crippen LogP contribution in [0.15, 0.2) is 25.3 Å². The highest BCUT2D eigenvalue weighted by Crippen LogP contribution is 2.31. The molecule has 0 rings (SSSR count). The zero-order chi connectivity index (χ0) is 13.1. The quantitative estimate of drug-likeness (QED) is 0.323. The molecule has 0 aromatic heterocycles. The summed E-state index contributed by atoms with van der Waals surface area (Å²) >= 11 is 0. The van der Waals surface area contributed by atoms with Gasteiger partial charge in [-0.3, -0.25) is 4.79 Å². The maximum Gasteiger partial charge on any atom is 0.302 e. The van der Waals surface area contributed by atoms with Gasteiger partial charge >= 0.3 is 5.97 Å². The summed E-state index contributed by atoms with van der Waals surface area (Å²) in [5.41, 5.74) is 0.0949. The van der Waals surface area contributed by atoms with Crippen molar-refractivity contribution in [1.29, 1.82) is 0 Å². The van der Waals surface area contributed by atoms with E-state index < -0.39 is 0 Å². The van der Waals surface area contributed by atoms with Gasteiger partial charge in [0.1, 0.15) is 0 Å². The lowest BCUT2D eigenvalue weighted by molar-refractivity contribution is -0.144. The van der Waals surface area contributed by atoms with Crippen molar-refractivity contribution in [3.05, 3.63) is 25.3 Å². The van der Waals surface area contributed by atoms with Gasteiger partial charge in [-0.1, -0.05) is 19.1 Å². The first-order valence-corrected chi connectivity index (χ1v) is 6.39. The van der Waals surface area contributed by atoms with Crippen molar-refractivity contribution in [1.82, 2.24) is 0 Å². The van der Waals surface area contributed by atoms with Crippen LogP contribution in [0.4, 0.5) is 0 Å². The number of rotatable bonds is 10. The molecule has 0 fully saturated rings. The zero-order valence-electron chi connectivity index (χ0n) is 11.3. The second-order valence-electron chi connectivity index (χ2n) is 4.95. The molecule has 98 valence electrons. The third kappa shape index (κ3) is 8.73. The fourth-order valence-electron chi connectivity index (χ4n) is 1.89. The fourth-order valence-corrected chi connectivity index (χ4v) is 1.89. The van der Waals surface area contributed by atoms with Crippen LogP contribution in [0.5, 0.6) is 0 Å². The number of allylic oxidation sites excluding steroid dienone is 2. The molecule has 0 atom stereocenters. The van der Waals surface area contributed by atoms with Gasteiger partial charge < -0.3 is 4.74 Å². The van der Waals surface area contributed by atoms with E-state index in [0.29, 0.717) is 6.61 Å². The molecule has 0 heterocycles. The minimum absolute atomic E-state index is 0.0949. The molecule has 0 aromatic carbocycles. The Hall–Kier alpha value is -1.05. The summed E-state index contributed by atoms with van der Waals surface area (Å²) in [6, 6.07) is 0. The van der Waals surface area contributed by atoms with E-state index in [2.05, 4.69) is 20.1 Å². The van der Waals surface area contributed by atoms with Crippen LogP contribution in [-0.2, 0) is 9.53 Å². The minimum Gasteiger partial charge on any atom is -0.465 e. The molecule has 2 heteroatoms. The highest BCUT2D eigenvalue weighted by Gasteiger charge is 2.24. The molecule has 2 nitrogen and oxygen atoms in total. The Labute approximate surface area is 106 Å². The van der Waals surface area contributed by atoms with E-state index in [0.717, 1.165) is 38.5 Å². The van der Waals surface area contributed by atoms with Gasteiger partial charge in [0.2, 0.25) is 0 Å². The number of carbonyl (C=O) groups excluding carboxylic acids is 1. The first-order chi connectivity index (χ1) is 8.04. The third-order valence-corrected chi connectivity index (χ3v) is 3.00. The molecule has 0 aliphatic carbocycles. The smallest absolute Gasteiger partial charge is 0.302 e. The largest absolute Gasteiger partial charge is 0.465 e. The summed E-state index contributed by atoms with van der Waals surface area (Å²) in [5.74, 6) is -0.191. The second kappa shape index (κ2) is 9.03. The summed E-state index contributed by atoms with van der Waals surface area (Å²) in [4.78, 5) is 10.9. The van der Waals surface area contributed by atoms with Gasteiger partial charge in [-0.2, -0.15) is 0 Å². The van der Waals surface area contributed by atoms with Gasteiger partial charge in [0.25, 0.3) is 0 Å². The number of esters is 1. The molecular weight excluding hydrogens is 212 g/mol. The maximum absolute atomic E-state index is 10.9. The zero-order valence-corrected chi connectivity index (χ0v) is 11.3. The molecule has 0 saturated heterocycles. The van der Waals surface area contributed by atoms with Gasteiger partial charge in [0.05, 0.1) is 6.61 Å². The van der Waals surface area contributed by atoms with Gasteiger partial charge in [-0.15, -0.1) is 13.2 Å². The lowest BCUT2D eigenvalue weighted by Crippen LogP contribution is -2.24. The summed E-state index contributed by atoms with van der Waals surface area (Å²) in [5, 5.41) is 0. The van der Waals surface area contributed by atoms with Crippen molar-refractivity contribution < 1.29 is 9.53 Å². The number of carbonyl (C=O) groups is 1. The Morgan fingerprint density at radius 3 is 2.00 bits per heavy atom. The SMILES string of the molecule is C=CCCCC(C)(CCCC=C)COC(C)=O. The van der Waals surface area contributed by atoms with Gasteiger partial charge in [0, 0.05) is 12.3 Å². The van der Waals surface area contributed by atoms with Crippen LogP contribution in [0.25, 0.3) is 0 Å². The van der Waals surface area contributed by atoms with Crippen molar-refractivity contribution in [3.8, 4) is 0 Å².